The summed E-state index contributed by atoms with van der Waals surface area (Å²) in [5.74, 6) is 0.996. The highest BCUT2D eigenvalue weighted by Gasteiger charge is 2.30. The first kappa shape index (κ1) is 8.52. The van der Waals surface area contributed by atoms with Gasteiger partial charge >= 0.3 is 0 Å². The number of likely N-dealkylation sites (N-methyl/N-ethyl adjacent to an activating group) is 1. The van der Waals surface area contributed by atoms with Crippen molar-refractivity contribution in [1.82, 2.24) is 10.2 Å². The molecule has 0 aromatic carbocycles. The van der Waals surface area contributed by atoms with E-state index in [0.717, 1.165) is 18.0 Å². The van der Waals surface area contributed by atoms with E-state index in [0.29, 0.717) is 0 Å². The first-order valence-corrected chi connectivity index (χ1v) is 5.20. The van der Waals surface area contributed by atoms with Crippen molar-refractivity contribution in [1.29, 1.82) is 0 Å². The Morgan fingerprint density at radius 2 is 2.08 bits per heavy atom. The van der Waals surface area contributed by atoms with Crippen molar-refractivity contribution in [2.24, 2.45) is 5.92 Å². The Morgan fingerprint density at radius 1 is 1.33 bits per heavy atom. The summed E-state index contributed by atoms with van der Waals surface area (Å²) in [6, 6.07) is 1.53. The number of hydrogen-bond acceptors (Lipinski definition) is 2. The van der Waals surface area contributed by atoms with Gasteiger partial charge in [0.1, 0.15) is 0 Å². The number of nitrogens with zero attached hydrogens (tertiary/aromatic N) is 1. The fourth-order valence-corrected chi connectivity index (χ4v) is 2.18. The molecule has 1 saturated carbocycles. The standard InChI is InChI=1S/C10H20N2/c1-8(9-3-4-9)11-10-5-6-12(2)7-10/h8-11H,3-7H2,1-2H3/t8-,10+/m0/s1. The molecular weight excluding hydrogens is 148 g/mol. The molecule has 0 unspecified atom stereocenters. The molecule has 2 heteroatoms. The molecule has 2 aliphatic rings. The lowest BCUT2D eigenvalue weighted by atomic mass is 10.1. The van der Waals surface area contributed by atoms with Crippen LogP contribution in [0.2, 0.25) is 0 Å². The lowest BCUT2D eigenvalue weighted by molar-refractivity contribution is 0.375. The van der Waals surface area contributed by atoms with Crippen molar-refractivity contribution in [2.45, 2.75) is 38.3 Å². The molecule has 1 heterocycles. The van der Waals surface area contributed by atoms with Gasteiger partial charge in [-0.3, -0.25) is 0 Å². The van der Waals surface area contributed by atoms with Crippen LogP contribution in [0, 0.1) is 5.92 Å². The summed E-state index contributed by atoms with van der Waals surface area (Å²) in [5, 5.41) is 3.73. The lowest BCUT2D eigenvalue weighted by Gasteiger charge is -2.18. The van der Waals surface area contributed by atoms with Gasteiger partial charge < -0.3 is 10.2 Å². The molecule has 70 valence electrons. The third-order valence-corrected chi connectivity index (χ3v) is 3.22. The van der Waals surface area contributed by atoms with E-state index in [-0.39, 0.29) is 0 Å². The highest BCUT2D eigenvalue weighted by molar-refractivity contribution is 4.88. The Bertz CT molecular complexity index is 154. The maximum absolute atomic E-state index is 3.73. The summed E-state index contributed by atoms with van der Waals surface area (Å²) in [4.78, 5) is 2.41. The molecule has 0 spiro atoms. The minimum absolute atomic E-state index is 0.765. The smallest absolute Gasteiger partial charge is 0.0209 e. The van der Waals surface area contributed by atoms with Crippen LogP contribution in [0.1, 0.15) is 26.2 Å². The van der Waals surface area contributed by atoms with E-state index >= 15 is 0 Å². The molecule has 0 bridgehead atoms. The van der Waals surface area contributed by atoms with Crippen LogP contribution in [0.25, 0.3) is 0 Å². The molecule has 0 aromatic heterocycles. The van der Waals surface area contributed by atoms with Gasteiger partial charge in [-0.05, 0) is 45.7 Å². The van der Waals surface area contributed by atoms with E-state index < -0.39 is 0 Å². The molecular formula is C10H20N2. The third-order valence-electron chi connectivity index (χ3n) is 3.22. The summed E-state index contributed by atoms with van der Waals surface area (Å²) in [6.45, 7) is 4.86. The lowest BCUT2D eigenvalue weighted by Crippen LogP contribution is -2.39. The van der Waals surface area contributed by atoms with Gasteiger partial charge in [0, 0.05) is 18.6 Å². The van der Waals surface area contributed by atoms with Gasteiger partial charge in [-0.2, -0.15) is 0 Å². The fourth-order valence-electron chi connectivity index (χ4n) is 2.18. The minimum atomic E-state index is 0.765. The van der Waals surface area contributed by atoms with Gasteiger partial charge in [0.05, 0.1) is 0 Å². The van der Waals surface area contributed by atoms with Crippen LogP contribution in [0.5, 0.6) is 0 Å². The molecule has 0 amide bonds. The average molecular weight is 168 g/mol. The Labute approximate surface area is 75.3 Å². The van der Waals surface area contributed by atoms with Crippen molar-refractivity contribution < 1.29 is 0 Å². The van der Waals surface area contributed by atoms with Crippen molar-refractivity contribution in [3.63, 3.8) is 0 Å². The predicted molar refractivity (Wildman–Crippen MR) is 51.2 cm³/mol. The zero-order valence-corrected chi connectivity index (χ0v) is 8.21. The molecule has 1 N–H and O–H groups in total. The molecule has 1 saturated heterocycles. The largest absolute Gasteiger partial charge is 0.310 e. The van der Waals surface area contributed by atoms with Gasteiger partial charge in [0.15, 0.2) is 0 Å². The maximum Gasteiger partial charge on any atom is 0.0209 e. The number of likely N-dealkylation sites (tertiary alicyclic amines) is 1. The van der Waals surface area contributed by atoms with Crippen LogP contribution in [-0.4, -0.2) is 37.1 Å². The van der Waals surface area contributed by atoms with Crippen molar-refractivity contribution in [2.75, 3.05) is 20.1 Å². The normalized spacial score (nSPS) is 34.0. The molecule has 2 fully saturated rings. The van der Waals surface area contributed by atoms with Crippen LogP contribution in [0.15, 0.2) is 0 Å². The fraction of sp³-hybridized carbons (Fsp3) is 1.00. The first-order valence-electron chi connectivity index (χ1n) is 5.20. The first-order chi connectivity index (χ1) is 5.75. The highest BCUT2D eigenvalue weighted by Crippen LogP contribution is 2.32. The summed E-state index contributed by atoms with van der Waals surface area (Å²) >= 11 is 0. The summed E-state index contributed by atoms with van der Waals surface area (Å²) in [7, 11) is 2.21. The Balaban J connectivity index is 1.71. The molecule has 2 atom stereocenters. The van der Waals surface area contributed by atoms with Crippen LogP contribution in [0.3, 0.4) is 0 Å². The minimum Gasteiger partial charge on any atom is -0.310 e. The van der Waals surface area contributed by atoms with E-state index in [1.165, 1.54) is 32.4 Å². The van der Waals surface area contributed by atoms with Crippen LogP contribution < -0.4 is 5.32 Å². The van der Waals surface area contributed by atoms with Crippen molar-refractivity contribution >= 4 is 0 Å². The molecule has 0 radical (unpaired) electrons. The summed E-state index contributed by atoms with van der Waals surface area (Å²) < 4.78 is 0. The quantitative estimate of drug-likeness (QED) is 0.678. The number of rotatable bonds is 3. The highest BCUT2D eigenvalue weighted by atomic mass is 15.2. The Kier molecular flexibility index (Phi) is 2.37. The second kappa shape index (κ2) is 3.35. The molecule has 0 aromatic rings. The summed E-state index contributed by atoms with van der Waals surface area (Å²) in [6.07, 6.45) is 4.25. The van der Waals surface area contributed by atoms with Gasteiger partial charge in [-0.15, -0.1) is 0 Å². The van der Waals surface area contributed by atoms with Crippen LogP contribution in [-0.2, 0) is 0 Å². The zero-order chi connectivity index (χ0) is 8.55. The van der Waals surface area contributed by atoms with E-state index in [9.17, 15) is 0 Å². The second-order valence-corrected chi connectivity index (χ2v) is 4.54. The van der Waals surface area contributed by atoms with E-state index in [4.69, 9.17) is 0 Å². The second-order valence-electron chi connectivity index (χ2n) is 4.54. The number of hydrogen-bond donors (Lipinski definition) is 1. The van der Waals surface area contributed by atoms with Crippen LogP contribution in [0.4, 0.5) is 0 Å². The molecule has 1 aliphatic carbocycles. The van der Waals surface area contributed by atoms with E-state index in [2.05, 4.69) is 24.2 Å². The molecule has 12 heavy (non-hydrogen) atoms. The molecule has 1 aliphatic heterocycles. The van der Waals surface area contributed by atoms with Crippen molar-refractivity contribution in [3.8, 4) is 0 Å². The van der Waals surface area contributed by atoms with Gasteiger partial charge in [0.25, 0.3) is 0 Å². The summed E-state index contributed by atoms with van der Waals surface area (Å²) in [5.41, 5.74) is 0. The van der Waals surface area contributed by atoms with Gasteiger partial charge in [-0.25, -0.2) is 0 Å². The Morgan fingerprint density at radius 3 is 2.58 bits per heavy atom. The van der Waals surface area contributed by atoms with E-state index in [1.807, 2.05) is 0 Å². The van der Waals surface area contributed by atoms with Gasteiger partial charge in [-0.1, -0.05) is 0 Å². The Hall–Kier alpha value is -0.0800. The SMILES string of the molecule is C[C@H](N[C@@H]1CCN(C)C1)C1CC1. The number of nitrogens with one attached hydrogen (secondary N) is 1. The van der Waals surface area contributed by atoms with E-state index in [1.54, 1.807) is 0 Å². The maximum atomic E-state index is 3.73. The molecule has 2 nitrogen and oxygen atoms in total. The predicted octanol–water partition coefficient (Wildman–Crippen LogP) is 1.08. The third kappa shape index (κ3) is 1.99. The topological polar surface area (TPSA) is 15.3 Å². The van der Waals surface area contributed by atoms with Crippen LogP contribution >= 0.6 is 0 Å². The zero-order valence-electron chi connectivity index (χ0n) is 8.21. The monoisotopic (exact) mass is 168 g/mol. The average Bonchev–Trinajstić information content (AvgIpc) is 2.78. The van der Waals surface area contributed by atoms with Gasteiger partial charge in [0.2, 0.25) is 0 Å². The van der Waals surface area contributed by atoms with Crippen molar-refractivity contribution in [3.05, 3.63) is 0 Å². The molecule has 2 rings (SSSR count).